The number of amides is 1. The molecule has 1 fully saturated rings. The van der Waals surface area contributed by atoms with E-state index in [9.17, 15) is 4.79 Å². The molecule has 0 atom stereocenters. The Hall–Kier alpha value is -2.26. The number of morpholine rings is 1. The van der Waals surface area contributed by atoms with Crippen molar-refractivity contribution in [2.75, 3.05) is 53.6 Å². The first-order valence-corrected chi connectivity index (χ1v) is 11.3. The van der Waals surface area contributed by atoms with E-state index in [1.807, 2.05) is 55.1 Å². The number of benzene rings is 1. The van der Waals surface area contributed by atoms with E-state index in [1.165, 1.54) is 11.3 Å². The van der Waals surface area contributed by atoms with Crippen molar-refractivity contribution < 1.29 is 14.3 Å². The lowest BCUT2D eigenvalue weighted by Gasteiger charge is -2.26. The smallest absolute Gasteiger partial charge is 0.268 e. The topological polar surface area (TPSA) is 67.8 Å². The maximum atomic E-state index is 13.3. The molecular formula is C22H25ClN4O3S. The molecule has 0 unspecified atom stereocenters. The number of carbonyl (C=O) groups is 1. The highest BCUT2D eigenvalue weighted by molar-refractivity contribution is 7.21. The van der Waals surface area contributed by atoms with Gasteiger partial charge >= 0.3 is 0 Å². The van der Waals surface area contributed by atoms with E-state index in [1.54, 1.807) is 0 Å². The summed E-state index contributed by atoms with van der Waals surface area (Å²) in [6, 6.07) is 7.42. The largest absolute Gasteiger partial charge is 0.490 e. The van der Waals surface area contributed by atoms with Crippen LogP contribution in [-0.2, 0) is 4.74 Å². The summed E-state index contributed by atoms with van der Waals surface area (Å²) in [5.74, 6) is 1.14. The zero-order valence-corrected chi connectivity index (χ0v) is 19.4. The van der Waals surface area contributed by atoms with Crippen LogP contribution in [0, 0.1) is 6.92 Å². The van der Waals surface area contributed by atoms with Crippen molar-refractivity contribution in [3.8, 4) is 17.1 Å². The highest BCUT2D eigenvalue weighted by Crippen LogP contribution is 2.40. The van der Waals surface area contributed by atoms with E-state index >= 15 is 0 Å². The third-order valence-corrected chi connectivity index (χ3v) is 6.37. The summed E-state index contributed by atoms with van der Waals surface area (Å²) < 4.78 is 11.5. The molecule has 0 bridgehead atoms. The van der Waals surface area contributed by atoms with Crippen molar-refractivity contribution in [3.05, 3.63) is 39.9 Å². The number of ether oxygens (including phenoxy) is 2. The number of likely N-dealkylation sites (N-methyl/N-ethyl adjacent to an activating group) is 1. The van der Waals surface area contributed by atoms with Crippen molar-refractivity contribution >= 4 is 39.1 Å². The molecule has 3 aromatic rings. The molecule has 1 aliphatic rings. The maximum Gasteiger partial charge on any atom is 0.268 e. The fourth-order valence-corrected chi connectivity index (χ4v) is 4.65. The fraction of sp³-hybridized carbons (Fsp3) is 0.409. The Labute approximate surface area is 190 Å². The maximum absolute atomic E-state index is 13.3. The van der Waals surface area contributed by atoms with Gasteiger partial charge in [0.1, 0.15) is 16.3 Å². The highest BCUT2D eigenvalue weighted by atomic mass is 35.5. The van der Waals surface area contributed by atoms with Crippen molar-refractivity contribution in [1.29, 1.82) is 0 Å². The zero-order valence-electron chi connectivity index (χ0n) is 17.9. The lowest BCUT2D eigenvalue weighted by molar-refractivity contribution is 0.0304. The minimum Gasteiger partial charge on any atom is -0.490 e. The van der Waals surface area contributed by atoms with Gasteiger partial charge in [0.05, 0.1) is 24.3 Å². The van der Waals surface area contributed by atoms with Crippen LogP contribution in [0.25, 0.3) is 21.6 Å². The van der Waals surface area contributed by atoms with Gasteiger partial charge in [-0.15, -0.1) is 11.3 Å². The molecule has 0 spiro atoms. The van der Waals surface area contributed by atoms with E-state index in [0.29, 0.717) is 54.4 Å². The van der Waals surface area contributed by atoms with Gasteiger partial charge in [-0.05, 0) is 45.3 Å². The van der Waals surface area contributed by atoms with Crippen LogP contribution in [0.15, 0.2) is 24.3 Å². The summed E-state index contributed by atoms with van der Waals surface area (Å²) in [6.07, 6.45) is 0. The highest BCUT2D eigenvalue weighted by Gasteiger charge is 2.28. The summed E-state index contributed by atoms with van der Waals surface area (Å²) in [4.78, 5) is 28.0. The van der Waals surface area contributed by atoms with Crippen LogP contribution in [0.2, 0.25) is 5.02 Å². The fourth-order valence-electron chi connectivity index (χ4n) is 3.39. The van der Waals surface area contributed by atoms with Gasteiger partial charge in [0.25, 0.3) is 5.91 Å². The number of hydrogen-bond donors (Lipinski definition) is 0. The Morgan fingerprint density at radius 1 is 1.23 bits per heavy atom. The molecule has 164 valence electrons. The normalized spacial score (nSPS) is 14.4. The van der Waals surface area contributed by atoms with Gasteiger partial charge in [-0.1, -0.05) is 11.6 Å². The number of fused-ring (bicyclic) bond motifs is 1. The summed E-state index contributed by atoms with van der Waals surface area (Å²) in [5.41, 5.74) is 1.66. The van der Waals surface area contributed by atoms with Gasteiger partial charge in [-0.2, -0.15) is 0 Å². The molecule has 3 heterocycles. The van der Waals surface area contributed by atoms with E-state index in [-0.39, 0.29) is 5.91 Å². The molecule has 1 amide bonds. The average Bonchev–Trinajstić information content (AvgIpc) is 3.13. The third kappa shape index (κ3) is 4.82. The second-order valence-electron chi connectivity index (χ2n) is 7.64. The number of thiophene rings is 1. The number of aryl methyl sites for hydroxylation is 1. The Morgan fingerprint density at radius 3 is 2.61 bits per heavy atom. The van der Waals surface area contributed by atoms with E-state index < -0.39 is 0 Å². The van der Waals surface area contributed by atoms with Gasteiger partial charge < -0.3 is 19.3 Å². The number of hydrogen-bond acceptors (Lipinski definition) is 7. The zero-order chi connectivity index (χ0) is 22.0. The average molecular weight is 461 g/mol. The predicted octanol–water partition coefficient (Wildman–Crippen LogP) is 3.73. The van der Waals surface area contributed by atoms with Crippen molar-refractivity contribution in [2.45, 2.75) is 6.92 Å². The number of carbonyl (C=O) groups excluding carboxylic acids is 1. The van der Waals surface area contributed by atoms with Crippen LogP contribution in [0.3, 0.4) is 0 Å². The van der Waals surface area contributed by atoms with Gasteiger partial charge in [0, 0.05) is 30.2 Å². The lowest BCUT2D eigenvalue weighted by Crippen LogP contribution is -2.40. The Morgan fingerprint density at radius 2 is 1.94 bits per heavy atom. The molecule has 0 saturated carbocycles. The van der Waals surface area contributed by atoms with Crippen LogP contribution in [0.1, 0.15) is 15.4 Å². The van der Waals surface area contributed by atoms with Gasteiger partial charge in [0.2, 0.25) is 0 Å². The second-order valence-corrected chi connectivity index (χ2v) is 9.07. The molecule has 0 aliphatic carbocycles. The Kier molecular flexibility index (Phi) is 6.71. The van der Waals surface area contributed by atoms with Crippen LogP contribution >= 0.6 is 22.9 Å². The molecule has 1 aliphatic heterocycles. The molecule has 2 aromatic heterocycles. The van der Waals surface area contributed by atoms with Crippen LogP contribution in [-0.4, -0.2) is 79.2 Å². The summed E-state index contributed by atoms with van der Waals surface area (Å²) in [5, 5.41) is 1.46. The van der Waals surface area contributed by atoms with Gasteiger partial charge in [-0.3, -0.25) is 4.79 Å². The molecule has 1 aromatic carbocycles. The minimum absolute atomic E-state index is 0.0430. The Bertz CT molecular complexity index is 1080. The summed E-state index contributed by atoms with van der Waals surface area (Å²) in [7, 11) is 3.98. The molecule has 0 N–H and O–H groups in total. The Balaban J connectivity index is 1.77. The number of rotatable bonds is 6. The van der Waals surface area contributed by atoms with Crippen LogP contribution in [0.5, 0.6) is 5.75 Å². The molecule has 31 heavy (non-hydrogen) atoms. The quantitative estimate of drug-likeness (QED) is 0.558. The number of nitrogens with zero attached hydrogens (tertiary/aromatic N) is 4. The summed E-state index contributed by atoms with van der Waals surface area (Å²) in [6.45, 7) is 5.39. The van der Waals surface area contributed by atoms with E-state index in [2.05, 4.69) is 0 Å². The van der Waals surface area contributed by atoms with Gasteiger partial charge in [0.15, 0.2) is 11.6 Å². The van der Waals surface area contributed by atoms with Crippen molar-refractivity contribution in [2.24, 2.45) is 0 Å². The standard InChI is InChI=1S/C22H25ClN4O3S/c1-14-17-18(30-13-8-26(2)3)19(22(28)27-9-11-29-12-10-27)31-21(17)25-20(24-14)15-4-6-16(23)7-5-15/h4-7H,8-13H2,1-3H3. The first kappa shape index (κ1) is 22.0. The molecule has 4 rings (SSSR count). The number of halogens is 1. The van der Waals surface area contributed by atoms with Crippen molar-refractivity contribution in [1.82, 2.24) is 19.8 Å². The van der Waals surface area contributed by atoms with E-state index in [0.717, 1.165) is 28.0 Å². The van der Waals surface area contributed by atoms with Crippen LogP contribution < -0.4 is 4.74 Å². The lowest BCUT2D eigenvalue weighted by atomic mass is 10.2. The third-order valence-electron chi connectivity index (χ3n) is 5.07. The molecule has 9 heteroatoms. The first-order chi connectivity index (χ1) is 14.9. The molecule has 7 nitrogen and oxygen atoms in total. The van der Waals surface area contributed by atoms with E-state index in [4.69, 9.17) is 31.0 Å². The van der Waals surface area contributed by atoms with Crippen molar-refractivity contribution in [3.63, 3.8) is 0 Å². The first-order valence-electron chi connectivity index (χ1n) is 10.2. The monoisotopic (exact) mass is 460 g/mol. The minimum atomic E-state index is -0.0430. The number of aromatic nitrogens is 2. The summed E-state index contributed by atoms with van der Waals surface area (Å²) >= 11 is 7.38. The second kappa shape index (κ2) is 9.48. The predicted molar refractivity (Wildman–Crippen MR) is 123 cm³/mol. The van der Waals surface area contributed by atoms with Crippen LogP contribution in [0.4, 0.5) is 0 Å². The van der Waals surface area contributed by atoms with Gasteiger partial charge in [-0.25, -0.2) is 9.97 Å². The molecule has 1 saturated heterocycles. The SMILES string of the molecule is Cc1nc(-c2ccc(Cl)cc2)nc2sc(C(=O)N3CCOCC3)c(OCCN(C)C)c12. The molecule has 0 radical (unpaired) electrons. The molecular weight excluding hydrogens is 436 g/mol.